The number of thiophene rings is 2. The van der Waals surface area contributed by atoms with Crippen molar-refractivity contribution in [3.05, 3.63) is 107 Å². The minimum absolute atomic E-state index is 0.0251. The minimum Gasteiger partial charge on any atom is -0.337 e. The largest absolute Gasteiger partial charge is 0.337 e. The second-order valence-corrected chi connectivity index (χ2v) is 11.9. The lowest BCUT2D eigenvalue weighted by atomic mass is 9.82. The van der Waals surface area contributed by atoms with E-state index >= 15 is 0 Å². The van der Waals surface area contributed by atoms with Gasteiger partial charge in [-0.2, -0.15) is 0 Å². The molecule has 0 atom stereocenters. The Kier molecular flexibility index (Phi) is 5.27. The number of aryl methyl sites for hydroxylation is 1. The second kappa shape index (κ2) is 8.68. The lowest BCUT2D eigenvalue weighted by Crippen LogP contribution is -2.14. The van der Waals surface area contributed by atoms with Gasteiger partial charge in [-0.25, -0.2) is 0 Å². The first-order chi connectivity index (χ1) is 18.1. The van der Waals surface area contributed by atoms with E-state index in [2.05, 4.69) is 125 Å². The summed E-state index contributed by atoms with van der Waals surface area (Å²) in [5, 5.41) is 13.3. The maximum atomic E-state index is 4.56. The van der Waals surface area contributed by atoms with Gasteiger partial charge in [-0.15, -0.1) is 27.8 Å². The molecule has 4 heterocycles. The summed E-state index contributed by atoms with van der Waals surface area (Å²) in [7, 11) is 0. The lowest BCUT2D eigenvalue weighted by molar-refractivity contribution is 0.525. The summed E-state index contributed by atoms with van der Waals surface area (Å²) in [5.74, 6) is 0. The summed E-state index contributed by atoms with van der Waals surface area (Å²) < 4.78 is 4.38. The van der Waals surface area contributed by atoms with Crippen LogP contribution in [0, 0.1) is 0 Å². The molecule has 1 aliphatic rings. The number of nitrogens with zero attached hydrogens (tertiary/aromatic N) is 4. The molecule has 0 fully saturated rings. The van der Waals surface area contributed by atoms with E-state index in [1.54, 1.807) is 22.7 Å². The fourth-order valence-electron chi connectivity index (χ4n) is 5.59. The monoisotopic (exact) mass is 518 g/mol. The summed E-state index contributed by atoms with van der Waals surface area (Å²) in [5.41, 5.74) is 9.92. The van der Waals surface area contributed by atoms with Crippen LogP contribution >= 0.6 is 22.7 Å². The molecule has 0 unspecified atom stereocenters. The van der Waals surface area contributed by atoms with E-state index in [1.807, 2.05) is 4.68 Å². The van der Waals surface area contributed by atoms with Gasteiger partial charge in [0, 0.05) is 17.5 Å². The van der Waals surface area contributed by atoms with Crippen LogP contribution in [0.25, 0.3) is 43.5 Å². The zero-order chi connectivity index (χ0) is 25.0. The molecule has 0 N–H and O–H groups in total. The maximum absolute atomic E-state index is 4.56. The lowest BCUT2D eigenvalue weighted by Gasteiger charge is -2.21. The van der Waals surface area contributed by atoms with Gasteiger partial charge in [0.1, 0.15) is 5.69 Å². The standard InChI is InChI=1S/C31H26N4S2/c1-31(2)24-8-4-3-7-22(24)23-12-11-21(19-25(23)31)26-20-34(33-32-26)15-16-35-27(29-9-5-17-36-29)13-14-28(35)30-10-6-18-37-30/h3-14,17-20H,15-16H2,1-2H3. The molecular weight excluding hydrogens is 493 g/mol. The Morgan fingerprint density at radius 2 is 1.43 bits per heavy atom. The third-order valence-corrected chi connectivity index (χ3v) is 9.28. The Bertz CT molecular complexity index is 1650. The van der Waals surface area contributed by atoms with E-state index in [0.717, 1.165) is 24.3 Å². The Morgan fingerprint density at radius 1 is 0.730 bits per heavy atom. The Labute approximate surface area is 224 Å². The van der Waals surface area contributed by atoms with Crippen LogP contribution in [-0.4, -0.2) is 19.6 Å². The number of hydrogen-bond donors (Lipinski definition) is 0. The van der Waals surface area contributed by atoms with Gasteiger partial charge >= 0.3 is 0 Å². The average Bonchev–Trinajstić information content (AvgIpc) is 3.74. The van der Waals surface area contributed by atoms with Gasteiger partial charge in [-0.05, 0) is 63.3 Å². The summed E-state index contributed by atoms with van der Waals surface area (Å²) in [6.07, 6.45) is 2.08. The second-order valence-electron chi connectivity index (χ2n) is 10.0. The number of aromatic nitrogens is 4. The molecule has 0 saturated carbocycles. The quantitative estimate of drug-likeness (QED) is 0.223. The first-order valence-corrected chi connectivity index (χ1v) is 14.3. The molecular formula is C31H26N4S2. The molecule has 0 amide bonds. The number of hydrogen-bond acceptors (Lipinski definition) is 4. The third kappa shape index (κ3) is 3.71. The van der Waals surface area contributed by atoms with Crippen molar-refractivity contribution in [3.63, 3.8) is 0 Å². The summed E-state index contributed by atoms with van der Waals surface area (Å²) >= 11 is 3.55. The van der Waals surface area contributed by atoms with Crippen molar-refractivity contribution >= 4 is 22.7 Å². The molecule has 4 aromatic heterocycles. The molecule has 0 aliphatic heterocycles. The molecule has 0 bridgehead atoms. The topological polar surface area (TPSA) is 35.6 Å². The molecule has 6 aromatic rings. The molecule has 2 aromatic carbocycles. The SMILES string of the molecule is CC1(C)c2ccccc2-c2ccc(-c3cn(CCn4c(-c5cccs5)ccc4-c4cccs4)nn3)cc21. The highest BCUT2D eigenvalue weighted by molar-refractivity contribution is 7.14. The predicted molar refractivity (Wildman–Crippen MR) is 154 cm³/mol. The molecule has 7 rings (SSSR count). The zero-order valence-corrected chi connectivity index (χ0v) is 22.4. The van der Waals surface area contributed by atoms with Gasteiger partial charge in [0.2, 0.25) is 0 Å². The Hall–Kier alpha value is -3.74. The number of rotatable bonds is 6. The molecule has 0 spiro atoms. The highest BCUT2D eigenvalue weighted by atomic mass is 32.1. The van der Waals surface area contributed by atoms with Crippen LogP contribution in [-0.2, 0) is 18.5 Å². The van der Waals surface area contributed by atoms with Crippen molar-refractivity contribution in [2.45, 2.75) is 32.4 Å². The summed E-state index contributed by atoms with van der Waals surface area (Å²) in [6.45, 7) is 6.20. The van der Waals surface area contributed by atoms with Gasteiger partial charge < -0.3 is 4.57 Å². The van der Waals surface area contributed by atoms with Gasteiger partial charge in [-0.3, -0.25) is 4.68 Å². The van der Waals surface area contributed by atoms with Crippen molar-refractivity contribution in [1.29, 1.82) is 0 Å². The Balaban J connectivity index is 1.17. The van der Waals surface area contributed by atoms with E-state index in [1.165, 1.54) is 43.4 Å². The highest BCUT2D eigenvalue weighted by Gasteiger charge is 2.35. The van der Waals surface area contributed by atoms with Gasteiger partial charge in [0.25, 0.3) is 0 Å². The van der Waals surface area contributed by atoms with E-state index in [0.29, 0.717) is 0 Å². The molecule has 1 aliphatic carbocycles. The van der Waals surface area contributed by atoms with Gasteiger partial charge in [0.05, 0.1) is 33.9 Å². The third-order valence-electron chi connectivity index (χ3n) is 7.50. The van der Waals surface area contributed by atoms with Crippen molar-refractivity contribution in [1.82, 2.24) is 19.6 Å². The molecule has 6 heteroatoms. The van der Waals surface area contributed by atoms with Crippen molar-refractivity contribution in [3.8, 4) is 43.5 Å². The molecule has 4 nitrogen and oxygen atoms in total. The zero-order valence-electron chi connectivity index (χ0n) is 20.8. The normalized spacial score (nSPS) is 13.6. The van der Waals surface area contributed by atoms with Crippen molar-refractivity contribution < 1.29 is 0 Å². The number of benzene rings is 2. The van der Waals surface area contributed by atoms with Crippen LogP contribution in [0.4, 0.5) is 0 Å². The molecule has 182 valence electrons. The van der Waals surface area contributed by atoms with E-state index < -0.39 is 0 Å². The minimum atomic E-state index is -0.0251. The van der Waals surface area contributed by atoms with E-state index in [9.17, 15) is 0 Å². The Morgan fingerprint density at radius 3 is 2.14 bits per heavy atom. The fourth-order valence-corrected chi connectivity index (χ4v) is 7.11. The van der Waals surface area contributed by atoms with Crippen molar-refractivity contribution in [2.24, 2.45) is 0 Å². The molecule has 0 radical (unpaired) electrons. The fraction of sp³-hybridized carbons (Fsp3) is 0.161. The average molecular weight is 519 g/mol. The first-order valence-electron chi connectivity index (χ1n) is 12.5. The van der Waals surface area contributed by atoms with Crippen LogP contribution in [0.3, 0.4) is 0 Å². The van der Waals surface area contributed by atoms with Crippen molar-refractivity contribution in [2.75, 3.05) is 0 Å². The number of fused-ring (bicyclic) bond motifs is 3. The van der Waals surface area contributed by atoms with Crippen LogP contribution < -0.4 is 0 Å². The van der Waals surface area contributed by atoms with E-state index in [-0.39, 0.29) is 5.41 Å². The van der Waals surface area contributed by atoms with Crippen LogP contribution in [0.5, 0.6) is 0 Å². The van der Waals surface area contributed by atoms with E-state index in [4.69, 9.17) is 0 Å². The van der Waals surface area contributed by atoms with Crippen LogP contribution in [0.15, 0.2) is 95.8 Å². The first kappa shape index (κ1) is 22.5. The summed E-state index contributed by atoms with van der Waals surface area (Å²) in [6, 6.07) is 28.6. The smallest absolute Gasteiger partial charge is 0.113 e. The molecule has 0 saturated heterocycles. The van der Waals surface area contributed by atoms with Gasteiger partial charge in [-0.1, -0.05) is 67.6 Å². The van der Waals surface area contributed by atoms with Crippen LogP contribution in [0.2, 0.25) is 0 Å². The predicted octanol–water partition coefficient (Wildman–Crippen LogP) is 8.21. The maximum Gasteiger partial charge on any atom is 0.113 e. The summed E-state index contributed by atoms with van der Waals surface area (Å²) in [4.78, 5) is 2.56. The molecule has 37 heavy (non-hydrogen) atoms. The van der Waals surface area contributed by atoms with Crippen LogP contribution in [0.1, 0.15) is 25.0 Å². The van der Waals surface area contributed by atoms with Gasteiger partial charge in [0.15, 0.2) is 0 Å². The highest BCUT2D eigenvalue weighted by Crippen LogP contribution is 2.49.